The number of hydrogen-bond donors (Lipinski definition) is 1. The molecule has 1 unspecified atom stereocenters. The molecule has 11 heteroatoms. The minimum Gasteiger partial charge on any atom is -0.345 e. The molecule has 0 bridgehead atoms. The van der Waals surface area contributed by atoms with Crippen molar-refractivity contribution >= 4 is 23.5 Å². The van der Waals surface area contributed by atoms with Gasteiger partial charge in [-0.2, -0.15) is 13.2 Å². The van der Waals surface area contributed by atoms with Gasteiger partial charge in [0.15, 0.2) is 5.78 Å². The standard InChI is InChI=1S/C29H33F3N4O4/c1-20-4-2-6-23(14-20)28(40)36-12-10-35(11-13-36)26(38)19-34-9-8-21(18-34)15-25(37)17-33-27(39)22-5-3-7-24(16-22)29(30,31)32/h2-7,14,16,21H,8-13,15,17-19H2,1H3,(H,33,39). The van der Waals surface area contributed by atoms with Crippen LogP contribution >= 0.6 is 0 Å². The van der Waals surface area contributed by atoms with E-state index in [0.717, 1.165) is 30.2 Å². The number of halogens is 3. The van der Waals surface area contributed by atoms with Gasteiger partial charge in [0, 0.05) is 50.3 Å². The lowest BCUT2D eigenvalue weighted by Gasteiger charge is -2.35. The zero-order valence-electron chi connectivity index (χ0n) is 22.4. The lowest BCUT2D eigenvalue weighted by Crippen LogP contribution is -2.52. The van der Waals surface area contributed by atoms with Crippen molar-refractivity contribution < 1.29 is 32.3 Å². The summed E-state index contributed by atoms with van der Waals surface area (Å²) in [7, 11) is 0. The number of alkyl halides is 3. The van der Waals surface area contributed by atoms with E-state index in [0.29, 0.717) is 44.8 Å². The van der Waals surface area contributed by atoms with Crippen molar-refractivity contribution in [3.05, 3.63) is 70.8 Å². The van der Waals surface area contributed by atoms with Gasteiger partial charge in [-0.3, -0.25) is 24.1 Å². The number of carbonyl (C=O) groups is 4. The van der Waals surface area contributed by atoms with Crippen molar-refractivity contribution in [3.63, 3.8) is 0 Å². The van der Waals surface area contributed by atoms with Crippen molar-refractivity contribution in [1.82, 2.24) is 20.0 Å². The second-order valence-electron chi connectivity index (χ2n) is 10.4. The molecule has 2 saturated heterocycles. The average Bonchev–Trinajstić information content (AvgIpc) is 3.37. The SMILES string of the molecule is Cc1cccc(C(=O)N2CCN(C(=O)CN3CCC(CC(=O)CNC(=O)c4cccc(C(F)(F)F)c4)C3)CC2)c1. The third kappa shape index (κ3) is 7.68. The predicted molar refractivity (Wildman–Crippen MR) is 142 cm³/mol. The third-order valence-corrected chi connectivity index (χ3v) is 7.33. The first kappa shape index (κ1) is 29.3. The highest BCUT2D eigenvalue weighted by atomic mass is 19.4. The fourth-order valence-corrected chi connectivity index (χ4v) is 5.15. The zero-order valence-corrected chi connectivity index (χ0v) is 22.4. The van der Waals surface area contributed by atoms with Crippen molar-refractivity contribution in [2.75, 3.05) is 52.4 Å². The molecule has 214 valence electrons. The maximum Gasteiger partial charge on any atom is 0.416 e. The molecule has 2 aromatic rings. The van der Waals surface area contributed by atoms with Gasteiger partial charge >= 0.3 is 6.18 Å². The molecule has 2 heterocycles. The van der Waals surface area contributed by atoms with Crippen LogP contribution in [0.2, 0.25) is 0 Å². The highest BCUT2D eigenvalue weighted by molar-refractivity contribution is 5.97. The monoisotopic (exact) mass is 558 g/mol. The first-order chi connectivity index (χ1) is 19.0. The Morgan fingerprint density at radius 1 is 0.900 bits per heavy atom. The Labute approximate surface area is 231 Å². The van der Waals surface area contributed by atoms with Crippen molar-refractivity contribution in [3.8, 4) is 0 Å². The van der Waals surface area contributed by atoms with Gasteiger partial charge in [0.25, 0.3) is 11.8 Å². The van der Waals surface area contributed by atoms with Gasteiger partial charge < -0.3 is 15.1 Å². The molecule has 4 rings (SSSR count). The summed E-state index contributed by atoms with van der Waals surface area (Å²) >= 11 is 0. The molecule has 0 aromatic heterocycles. The number of benzene rings is 2. The van der Waals surface area contributed by atoms with Crippen LogP contribution in [-0.4, -0.2) is 90.6 Å². The van der Waals surface area contributed by atoms with Crippen molar-refractivity contribution in [2.24, 2.45) is 5.92 Å². The maximum atomic E-state index is 12.9. The summed E-state index contributed by atoms with van der Waals surface area (Å²) in [4.78, 5) is 55.8. The number of nitrogens with one attached hydrogen (secondary N) is 1. The molecule has 1 atom stereocenters. The van der Waals surface area contributed by atoms with Gasteiger partial charge in [-0.1, -0.05) is 23.8 Å². The zero-order chi connectivity index (χ0) is 28.9. The van der Waals surface area contributed by atoms with Crippen LogP contribution in [0.5, 0.6) is 0 Å². The van der Waals surface area contributed by atoms with Crippen molar-refractivity contribution in [2.45, 2.75) is 25.9 Å². The molecule has 0 saturated carbocycles. The Morgan fingerprint density at radius 2 is 1.57 bits per heavy atom. The average molecular weight is 559 g/mol. The Bertz CT molecular complexity index is 1260. The van der Waals surface area contributed by atoms with Gasteiger partial charge in [-0.05, 0) is 56.1 Å². The molecule has 0 spiro atoms. The molecule has 0 aliphatic carbocycles. The minimum atomic E-state index is -4.56. The Kier molecular flexibility index (Phi) is 9.24. The first-order valence-electron chi connectivity index (χ1n) is 13.3. The van der Waals surface area contributed by atoms with Gasteiger partial charge in [0.05, 0.1) is 18.7 Å². The number of aryl methyl sites for hydroxylation is 1. The van der Waals surface area contributed by atoms with Gasteiger partial charge in [-0.15, -0.1) is 0 Å². The van der Waals surface area contributed by atoms with Gasteiger partial charge in [0.2, 0.25) is 5.91 Å². The third-order valence-electron chi connectivity index (χ3n) is 7.33. The van der Waals surface area contributed by atoms with Gasteiger partial charge in [0.1, 0.15) is 0 Å². The van der Waals surface area contributed by atoms with E-state index >= 15 is 0 Å². The van der Waals surface area contributed by atoms with Crippen LogP contribution in [0.4, 0.5) is 13.2 Å². The quantitative estimate of drug-likeness (QED) is 0.538. The van der Waals surface area contributed by atoms with Gasteiger partial charge in [-0.25, -0.2) is 0 Å². The number of likely N-dealkylation sites (tertiary alicyclic amines) is 1. The molecule has 40 heavy (non-hydrogen) atoms. The fraction of sp³-hybridized carbons (Fsp3) is 0.448. The van der Waals surface area contributed by atoms with Crippen LogP contribution in [-0.2, 0) is 15.8 Å². The number of rotatable bonds is 8. The van der Waals surface area contributed by atoms with E-state index in [-0.39, 0.29) is 48.6 Å². The number of amides is 3. The lowest BCUT2D eigenvalue weighted by atomic mass is 10.0. The molecule has 3 amide bonds. The fourth-order valence-electron chi connectivity index (χ4n) is 5.15. The molecule has 2 aliphatic heterocycles. The number of hydrogen-bond acceptors (Lipinski definition) is 5. The lowest BCUT2D eigenvalue weighted by molar-refractivity contribution is -0.137. The minimum absolute atomic E-state index is 0.0111. The van der Waals surface area contributed by atoms with Crippen LogP contribution < -0.4 is 5.32 Å². The summed E-state index contributed by atoms with van der Waals surface area (Å²) in [6, 6.07) is 11.5. The van der Waals surface area contributed by atoms with E-state index in [9.17, 15) is 32.3 Å². The van der Waals surface area contributed by atoms with Crippen LogP contribution in [0.1, 0.15) is 44.7 Å². The highest BCUT2D eigenvalue weighted by Crippen LogP contribution is 2.29. The summed E-state index contributed by atoms with van der Waals surface area (Å²) in [5.74, 6) is -0.960. The number of piperazine rings is 1. The largest absolute Gasteiger partial charge is 0.416 e. The smallest absolute Gasteiger partial charge is 0.345 e. The highest BCUT2D eigenvalue weighted by Gasteiger charge is 2.32. The second-order valence-corrected chi connectivity index (χ2v) is 10.4. The van der Waals surface area contributed by atoms with E-state index in [1.54, 1.807) is 15.9 Å². The van der Waals surface area contributed by atoms with Crippen LogP contribution in [0.25, 0.3) is 0 Å². The van der Waals surface area contributed by atoms with Crippen LogP contribution in [0.15, 0.2) is 48.5 Å². The summed E-state index contributed by atoms with van der Waals surface area (Å²) in [6.07, 6.45) is -3.61. The summed E-state index contributed by atoms with van der Waals surface area (Å²) in [5, 5.41) is 2.40. The summed E-state index contributed by atoms with van der Waals surface area (Å²) in [5.41, 5.74) is 0.580. The normalized spacial score (nSPS) is 18.1. The maximum absolute atomic E-state index is 12.9. The molecule has 0 radical (unpaired) electrons. The number of ketones is 1. The molecular formula is C29H33F3N4O4. The number of nitrogens with zero attached hydrogens (tertiary/aromatic N) is 3. The topological polar surface area (TPSA) is 90.0 Å². The summed E-state index contributed by atoms with van der Waals surface area (Å²) in [6.45, 7) is 5.05. The molecule has 8 nitrogen and oxygen atoms in total. The number of carbonyl (C=O) groups excluding carboxylic acids is 4. The van der Waals surface area contributed by atoms with E-state index in [4.69, 9.17) is 0 Å². The molecule has 2 fully saturated rings. The Hall–Kier alpha value is -3.73. The summed E-state index contributed by atoms with van der Waals surface area (Å²) < 4.78 is 38.6. The molecule has 1 N–H and O–H groups in total. The molecule has 2 aromatic carbocycles. The molecular weight excluding hydrogens is 525 g/mol. The predicted octanol–water partition coefficient (Wildman–Crippen LogP) is 3.01. The van der Waals surface area contributed by atoms with E-state index in [1.165, 1.54) is 6.07 Å². The second kappa shape index (κ2) is 12.6. The molecule has 2 aliphatic rings. The van der Waals surface area contributed by atoms with Crippen LogP contribution in [0.3, 0.4) is 0 Å². The number of Topliss-reactive ketones (excluding diaryl/α,β-unsaturated/α-hetero) is 1. The van der Waals surface area contributed by atoms with Crippen LogP contribution in [0, 0.1) is 12.8 Å². The Balaban J connectivity index is 1.16. The van der Waals surface area contributed by atoms with Crippen molar-refractivity contribution in [1.29, 1.82) is 0 Å². The van der Waals surface area contributed by atoms with E-state index in [2.05, 4.69) is 5.32 Å². The first-order valence-corrected chi connectivity index (χ1v) is 13.3. The Morgan fingerprint density at radius 3 is 2.27 bits per heavy atom. The van der Waals surface area contributed by atoms with E-state index < -0.39 is 17.6 Å². The van der Waals surface area contributed by atoms with E-state index in [1.807, 2.05) is 30.0 Å².